The maximum atomic E-state index is 11.6. The second kappa shape index (κ2) is 3.46. The fourth-order valence-electron chi connectivity index (χ4n) is 1.50. The van der Waals surface area contributed by atoms with Crippen LogP contribution in [0, 0.1) is 6.92 Å². The first-order chi connectivity index (χ1) is 6.74. The van der Waals surface area contributed by atoms with Gasteiger partial charge in [-0.3, -0.25) is 0 Å². The van der Waals surface area contributed by atoms with Gasteiger partial charge in [-0.05, 0) is 25.3 Å². The van der Waals surface area contributed by atoms with Crippen LogP contribution in [0.25, 0.3) is 10.2 Å². The number of aromatic nitrogens is 1. The molecule has 14 heavy (non-hydrogen) atoms. The van der Waals surface area contributed by atoms with E-state index in [-0.39, 0.29) is 5.97 Å². The Bertz CT molecular complexity index is 469. The van der Waals surface area contributed by atoms with E-state index in [4.69, 9.17) is 4.74 Å². The lowest BCUT2D eigenvalue weighted by Crippen LogP contribution is -2.05. The number of thiophene rings is 1. The number of rotatable bonds is 2. The summed E-state index contributed by atoms with van der Waals surface area (Å²) in [5.74, 6) is -0.241. The Morgan fingerprint density at radius 2 is 2.43 bits per heavy atom. The minimum atomic E-state index is -0.241. The van der Waals surface area contributed by atoms with E-state index in [1.807, 2.05) is 25.3 Å². The molecule has 1 N–H and O–H groups in total. The van der Waals surface area contributed by atoms with Crippen LogP contribution < -0.4 is 0 Å². The summed E-state index contributed by atoms with van der Waals surface area (Å²) in [6, 6.07) is 1.94. The van der Waals surface area contributed by atoms with E-state index in [0.717, 1.165) is 15.9 Å². The molecule has 0 aliphatic carbocycles. The van der Waals surface area contributed by atoms with Gasteiger partial charge in [0, 0.05) is 11.1 Å². The van der Waals surface area contributed by atoms with Gasteiger partial charge in [-0.15, -0.1) is 11.3 Å². The molecule has 0 atom stereocenters. The molecule has 0 spiro atoms. The molecule has 0 aromatic carbocycles. The molecule has 0 aliphatic rings. The number of carbonyl (C=O) groups is 1. The largest absolute Gasteiger partial charge is 0.462 e. The fraction of sp³-hybridized carbons (Fsp3) is 0.300. The van der Waals surface area contributed by atoms with Gasteiger partial charge in [-0.2, -0.15) is 0 Å². The maximum Gasteiger partial charge on any atom is 0.340 e. The van der Waals surface area contributed by atoms with Crippen molar-refractivity contribution in [1.82, 2.24) is 4.98 Å². The van der Waals surface area contributed by atoms with Crippen molar-refractivity contribution in [3.63, 3.8) is 0 Å². The van der Waals surface area contributed by atoms with Crippen molar-refractivity contribution in [2.45, 2.75) is 13.8 Å². The van der Waals surface area contributed by atoms with Gasteiger partial charge in [0.2, 0.25) is 0 Å². The highest BCUT2D eigenvalue weighted by atomic mass is 32.1. The van der Waals surface area contributed by atoms with Crippen molar-refractivity contribution in [1.29, 1.82) is 0 Å². The Morgan fingerprint density at radius 1 is 1.64 bits per heavy atom. The third kappa shape index (κ3) is 1.32. The van der Waals surface area contributed by atoms with Crippen LogP contribution in [-0.2, 0) is 4.74 Å². The van der Waals surface area contributed by atoms with E-state index < -0.39 is 0 Å². The molecular weight excluding hydrogens is 198 g/mol. The number of aromatic amines is 1. The Kier molecular flexibility index (Phi) is 2.29. The molecule has 0 amide bonds. The predicted molar refractivity (Wildman–Crippen MR) is 56.9 cm³/mol. The molecule has 0 radical (unpaired) electrons. The van der Waals surface area contributed by atoms with E-state index in [1.165, 1.54) is 0 Å². The SMILES string of the molecule is CCOC(=O)c1c(C)[nH]c2sccc12. The van der Waals surface area contributed by atoms with Crippen LogP contribution in [0.15, 0.2) is 11.4 Å². The summed E-state index contributed by atoms with van der Waals surface area (Å²) in [6.45, 7) is 4.11. The molecule has 0 saturated carbocycles. The molecule has 3 nitrogen and oxygen atoms in total. The van der Waals surface area contributed by atoms with Crippen LogP contribution in [0.4, 0.5) is 0 Å². The quantitative estimate of drug-likeness (QED) is 0.773. The number of fused-ring (bicyclic) bond motifs is 1. The molecule has 74 valence electrons. The second-order valence-electron chi connectivity index (χ2n) is 3.01. The number of carbonyl (C=O) groups excluding carboxylic acids is 1. The highest BCUT2D eigenvalue weighted by Gasteiger charge is 2.17. The van der Waals surface area contributed by atoms with Gasteiger partial charge in [0.15, 0.2) is 0 Å². The summed E-state index contributed by atoms with van der Waals surface area (Å²) >= 11 is 1.59. The molecule has 0 aliphatic heterocycles. The van der Waals surface area contributed by atoms with Crippen LogP contribution in [-0.4, -0.2) is 17.6 Å². The molecule has 2 aromatic rings. The zero-order valence-electron chi connectivity index (χ0n) is 8.09. The number of hydrogen-bond acceptors (Lipinski definition) is 3. The van der Waals surface area contributed by atoms with Crippen LogP contribution >= 0.6 is 11.3 Å². The topological polar surface area (TPSA) is 42.1 Å². The number of aryl methyl sites for hydroxylation is 1. The van der Waals surface area contributed by atoms with Crippen molar-refractivity contribution in [2.24, 2.45) is 0 Å². The lowest BCUT2D eigenvalue weighted by atomic mass is 10.2. The summed E-state index contributed by atoms with van der Waals surface area (Å²) in [4.78, 5) is 15.8. The Labute approximate surface area is 85.7 Å². The molecule has 2 heterocycles. The summed E-state index contributed by atoms with van der Waals surface area (Å²) in [5.41, 5.74) is 1.55. The molecule has 2 rings (SSSR count). The standard InChI is InChI=1S/C10H11NO2S/c1-3-13-10(12)8-6(2)11-9-7(8)4-5-14-9/h4-5,11H,3H2,1-2H3. The lowest BCUT2D eigenvalue weighted by Gasteiger charge is -2.00. The molecule has 0 fully saturated rings. The average Bonchev–Trinajstić information content (AvgIpc) is 2.63. The minimum Gasteiger partial charge on any atom is -0.462 e. The number of esters is 1. The van der Waals surface area contributed by atoms with Crippen molar-refractivity contribution < 1.29 is 9.53 Å². The third-order valence-corrected chi connectivity index (χ3v) is 2.92. The monoisotopic (exact) mass is 209 g/mol. The Hall–Kier alpha value is -1.29. The van der Waals surface area contributed by atoms with Gasteiger partial charge < -0.3 is 9.72 Å². The van der Waals surface area contributed by atoms with Crippen molar-refractivity contribution in [2.75, 3.05) is 6.61 Å². The summed E-state index contributed by atoms with van der Waals surface area (Å²) in [5, 5.41) is 2.93. The first-order valence-corrected chi connectivity index (χ1v) is 5.35. The zero-order valence-corrected chi connectivity index (χ0v) is 8.90. The second-order valence-corrected chi connectivity index (χ2v) is 3.92. The van der Waals surface area contributed by atoms with E-state index in [2.05, 4.69) is 4.98 Å². The van der Waals surface area contributed by atoms with E-state index in [1.54, 1.807) is 11.3 Å². The smallest absolute Gasteiger partial charge is 0.340 e. The van der Waals surface area contributed by atoms with Gasteiger partial charge in [-0.1, -0.05) is 0 Å². The van der Waals surface area contributed by atoms with Crippen LogP contribution in [0.2, 0.25) is 0 Å². The molecule has 0 unspecified atom stereocenters. The Morgan fingerprint density at radius 3 is 3.14 bits per heavy atom. The molecule has 4 heteroatoms. The number of ether oxygens (including phenoxy) is 1. The third-order valence-electron chi connectivity index (χ3n) is 2.09. The lowest BCUT2D eigenvalue weighted by molar-refractivity contribution is 0.0528. The number of H-pyrrole nitrogens is 1. The summed E-state index contributed by atoms with van der Waals surface area (Å²) in [6.07, 6.45) is 0. The van der Waals surface area contributed by atoms with Crippen molar-refractivity contribution in [3.8, 4) is 0 Å². The summed E-state index contributed by atoms with van der Waals surface area (Å²) < 4.78 is 4.99. The highest BCUT2D eigenvalue weighted by Crippen LogP contribution is 2.26. The first kappa shape index (κ1) is 9.27. The van der Waals surface area contributed by atoms with Crippen LogP contribution in [0.5, 0.6) is 0 Å². The molecule has 0 bridgehead atoms. The van der Waals surface area contributed by atoms with Gasteiger partial charge in [0.25, 0.3) is 0 Å². The Balaban J connectivity index is 2.53. The van der Waals surface area contributed by atoms with Crippen molar-refractivity contribution in [3.05, 3.63) is 22.7 Å². The zero-order chi connectivity index (χ0) is 10.1. The number of nitrogens with one attached hydrogen (secondary N) is 1. The average molecular weight is 209 g/mol. The van der Waals surface area contributed by atoms with E-state index in [9.17, 15) is 4.79 Å². The van der Waals surface area contributed by atoms with Crippen LogP contribution in [0.3, 0.4) is 0 Å². The van der Waals surface area contributed by atoms with Gasteiger partial charge in [0.05, 0.1) is 12.2 Å². The van der Waals surface area contributed by atoms with E-state index >= 15 is 0 Å². The molecular formula is C10H11NO2S. The summed E-state index contributed by atoms with van der Waals surface area (Å²) in [7, 11) is 0. The van der Waals surface area contributed by atoms with Crippen molar-refractivity contribution >= 4 is 27.5 Å². The van der Waals surface area contributed by atoms with Crippen LogP contribution in [0.1, 0.15) is 23.0 Å². The molecule has 2 aromatic heterocycles. The predicted octanol–water partition coefficient (Wildman–Crippen LogP) is 2.71. The van der Waals surface area contributed by atoms with Gasteiger partial charge in [-0.25, -0.2) is 4.79 Å². The van der Waals surface area contributed by atoms with Gasteiger partial charge >= 0.3 is 5.97 Å². The maximum absolute atomic E-state index is 11.6. The molecule has 0 saturated heterocycles. The fourth-order valence-corrected chi connectivity index (χ4v) is 2.35. The normalized spacial score (nSPS) is 10.7. The van der Waals surface area contributed by atoms with E-state index in [0.29, 0.717) is 12.2 Å². The minimum absolute atomic E-state index is 0.241. The van der Waals surface area contributed by atoms with Gasteiger partial charge in [0.1, 0.15) is 4.83 Å². The first-order valence-electron chi connectivity index (χ1n) is 4.47. The number of hydrogen-bond donors (Lipinski definition) is 1. The highest BCUT2D eigenvalue weighted by molar-refractivity contribution is 7.16.